The van der Waals surface area contributed by atoms with E-state index < -0.39 is 17.3 Å². The van der Waals surface area contributed by atoms with Gasteiger partial charge in [0.15, 0.2) is 6.61 Å². The first-order valence-electron chi connectivity index (χ1n) is 8.04. The largest absolute Gasteiger partial charge is 0.452 e. The van der Waals surface area contributed by atoms with E-state index in [4.69, 9.17) is 4.74 Å². The lowest BCUT2D eigenvalue weighted by Gasteiger charge is -2.35. The topological polar surface area (TPSA) is 46.6 Å². The summed E-state index contributed by atoms with van der Waals surface area (Å²) in [6.45, 7) is 5.78. The van der Waals surface area contributed by atoms with Gasteiger partial charge in [-0.25, -0.2) is 9.18 Å². The highest BCUT2D eigenvalue weighted by Crippen LogP contribution is 2.18. The molecule has 2 aromatic rings. The van der Waals surface area contributed by atoms with Crippen molar-refractivity contribution < 1.29 is 18.7 Å². The minimum atomic E-state index is -0.721. The van der Waals surface area contributed by atoms with E-state index in [-0.39, 0.29) is 18.1 Å². The third-order valence-corrected chi connectivity index (χ3v) is 3.68. The minimum absolute atomic E-state index is 0.0816. The molecule has 0 spiro atoms. The molecule has 2 aromatic carbocycles. The zero-order valence-corrected chi connectivity index (χ0v) is 14.7. The predicted molar refractivity (Wildman–Crippen MR) is 93.4 cm³/mol. The quantitative estimate of drug-likeness (QED) is 0.776. The van der Waals surface area contributed by atoms with E-state index in [9.17, 15) is 14.0 Å². The van der Waals surface area contributed by atoms with Crippen LogP contribution in [0.15, 0.2) is 54.6 Å². The zero-order chi connectivity index (χ0) is 18.4. The molecule has 0 aliphatic heterocycles. The van der Waals surface area contributed by atoms with Gasteiger partial charge in [-0.1, -0.05) is 36.4 Å². The van der Waals surface area contributed by atoms with Gasteiger partial charge in [-0.15, -0.1) is 0 Å². The molecular formula is C20H22FNO3. The van der Waals surface area contributed by atoms with E-state index >= 15 is 0 Å². The van der Waals surface area contributed by atoms with E-state index in [0.29, 0.717) is 6.54 Å². The average Bonchev–Trinajstić information content (AvgIpc) is 2.57. The minimum Gasteiger partial charge on any atom is -0.452 e. The molecule has 1 amide bonds. The highest BCUT2D eigenvalue weighted by atomic mass is 19.1. The highest BCUT2D eigenvalue weighted by Gasteiger charge is 2.27. The molecule has 0 aliphatic carbocycles. The lowest BCUT2D eigenvalue weighted by atomic mass is 10.0. The van der Waals surface area contributed by atoms with Crippen molar-refractivity contribution in [3.63, 3.8) is 0 Å². The Bertz CT molecular complexity index is 738. The number of benzene rings is 2. The first-order chi connectivity index (χ1) is 11.8. The smallest absolute Gasteiger partial charge is 0.338 e. The maximum Gasteiger partial charge on any atom is 0.338 e. The van der Waals surface area contributed by atoms with Gasteiger partial charge in [0.05, 0.1) is 5.56 Å². The fourth-order valence-corrected chi connectivity index (χ4v) is 2.37. The molecule has 25 heavy (non-hydrogen) atoms. The van der Waals surface area contributed by atoms with Crippen molar-refractivity contribution in [3.05, 3.63) is 71.5 Å². The molecule has 0 heterocycles. The molecule has 0 N–H and O–H groups in total. The van der Waals surface area contributed by atoms with Crippen molar-refractivity contribution >= 4 is 11.9 Å². The maximum absolute atomic E-state index is 13.2. The molecule has 0 bridgehead atoms. The maximum atomic E-state index is 13.2. The van der Waals surface area contributed by atoms with Gasteiger partial charge in [0, 0.05) is 12.1 Å². The standard InChI is InChI=1S/C20H22FNO3/c1-20(2,3)22(13-15-8-5-4-6-9-15)18(23)14-25-19(24)16-10-7-11-17(21)12-16/h4-12H,13-14H2,1-3H3. The van der Waals surface area contributed by atoms with Crippen LogP contribution in [0.1, 0.15) is 36.7 Å². The SMILES string of the molecule is CC(C)(C)N(Cc1ccccc1)C(=O)COC(=O)c1cccc(F)c1. The van der Waals surface area contributed by atoms with E-state index in [1.165, 1.54) is 18.2 Å². The molecule has 5 heteroatoms. The van der Waals surface area contributed by atoms with Crippen LogP contribution in [0.2, 0.25) is 0 Å². The van der Waals surface area contributed by atoms with E-state index in [2.05, 4.69) is 0 Å². The number of carbonyl (C=O) groups excluding carboxylic acids is 2. The van der Waals surface area contributed by atoms with Crippen LogP contribution in [0, 0.1) is 5.82 Å². The predicted octanol–water partition coefficient (Wildman–Crippen LogP) is 3.81. The Morgan fingerprint density at radius 3 is 2.32 bits per heavy atom. The summed E-state index contributed by atoms with van der Waals surface area (Å²) in [5, 5.41) is 0. The second-order valence-electron chi connectivity index (χ2n) is 6.72. The normalized spacial score (nSPS) is 11.0. The van der Waals surface area contributed by atoms with Crippen molar-refractivity contribution in [2.24, 2.45) is 0 Å². The van der Waals surface area contributed by atoms with Gasteiger partial charge in [0.25, 0.3) is 5.91 Å². The Balaban J connectivity index is 2.03. The molecule has 0 saturated carbocycles. The fraction of sp³-hybridized carbons (Fsp3) is 0.300. The van der Waals surface area contributed by atoms with Gasteiger partial charge in [-0.05, 0) is 44.5 Å². The summed E-state index contributed by atoms with van der Waals surface area (Å²) in [4.78, 5) is 26.2. The number of hydrogen-bond donors (Lipinski definition) is 0. The number of esters is 1. The molecule has 4 nitrogen and oxygen atoms in total. The second-order valence-corrected chi connectivity index (χ2v) is 6.72. The molecule has 2 rings (SSSR count). The van der Waals surface area contributed by atoms with Gasteiger partial charge < -0.3 is 9.64 Å². The Morgan fingerprint density at radius 2 is 1.72 bits per heavy atom. The molecule has 0 fully saturated rings. The number of nitrogens with zero attached hydrogens (tertiary/aromatic N) is 1. The first kappa shape index (κ1) is 18.6. The van der Waals surface area contributed by atoms with Crippen LogP contribution in [0.3, 0.4) is 0 Å². The third kappa shape index (κ3) is 5.41. The Morgan fingerprint density at radius 1 is 1.04 bits per heavy atom. The van der Waals surface area contributed by atoms with E-state index in [1.807, 2.05) is 51.1 Å². The van der Waals surface area contributed by atoms with Crippen molar-refractivity contribution in [1.82, 2.24) is 4.90 Å². The van der Waals surface area contributed by atoms with Crippen LogP contribution in [-0.4, -0.2) is 28.9 Å². The van der Waals surface area contributed by atoms with Crippen molar-refractivity contribution in [2.45, 2.75) is 32.9 Å². The third-order valence-electron chi connectivity index (χ3n) is 3.68. The van der Waals surface area contributed by atoms with Gasteiger partial charge in [-0.3, -0.25) is 4.79 Å². The molecule has 132 valence electrons. The number of hydrogen-bond acceptors (Lipinski definition) is 3. The molecule has 0 aliphatic rings. The number of amides is 1. The summed E-state index contributed by atoms with van der Waals surface area (Å²) in [6, 6.07) is 14.8. The molecule has 0 atom stereocenters. The number of carbonyl (C=O) groups is 2. The summed E-state index contributed by atoms with van der Waals surface area (Å²) in [7, 11) is 0. The lowest BCUT2D eigenvalue weighted by molar-refractivity contribution is -0.140. The van der Waals surface area contributed by atoms with E-state index in [0.717, 1.165) is 11.6 Å². The fourth-order valence-electron chi connectivity index (χ4n) is 2.37. The Kier molecular flexibility index (Phi) is 5.91. The number of halogens is 1. The molecule has 0 saturated heterocycles. The summed E-state index contributed by atoms with van der Waals surface area (Å²) in [6.07, 6.45) is 0. The molecule has 0 unspecified atom stereocenters. The number of rotatable bonds is 5. The van der Waals surface area contributed by atoms with Crippen molar-refractivity contribution in [1.29, 1.82) is 0 Å². The van der Waals surface area contributed by atoms with Crippen LogP contribution in [0.4, 0.5) is 4.39 Å². The molecular weight excluding hydrogens is 321 g/mol. The van der Waals surface area contributed by atoms with Gasteiger partial charge in [0.1, 0.15) is 5.82 Å². The Hall–Kier alpha value is -2.69. The summed E-state index contributed by atoms with van der Waals surface area (Å²) in [5.74, 6) is -1.55. The van der Waals surface area contributed by atoms with E-state index in [1.54, 1.807) is 4.90 Å². The van der Waals surface area contributed by atoms with Gasteiger partial charge in [-0.2, -0.15) is 0 Å². The van der Waals surface area contributed by atoms with Gasteiger partial charge >= 0.3 is 5.97 Å². The Labute approximate surface area is 147 Å². The number of ether oxygens (including phenoxy) is 1. The second kappa shape index (κ2) is 7.92. The van der Waals surface area contributed by atoms with Crippen LogP contribution >= 0.6 is 0 Å². The zero-order valence-electron chi connectivity index (χ0n) is 14.7. The summed E-state index contributed by atoms with van der Waals surface area (Å²) < 4.78 is 18.2. The summed E-state index contributed by atoms with van der Waals surface area (Å²) in [5.41, 5.74) is 0.637. The molecule has 0 aromatic heterocycles. The molecule has 0 radical (unpaired) electrons. The first-order valence-corrected chi connectivity index (χ1v) is 8.04. The van der Waals surface area contributed by atoms with Crippen molar-refractivity contribution in [3.8, 4) is 0 Å². The van der Waals surface area contributed by atoms with Crippen molar-refractivity contribution in [2.75, 3.05) is 6.61 Å². The van der Waals surface area contributed by atoms with Crippen LogP contribution in [0.5, 0.6) is 0 Å². The van der Waals surface area contributed by atoms with Crippen LogP contribution < -0.4 is 0 Å². The van der Waals surface area contributed by atoms with Crippen LogP contribution in [0.25, 0.3) is 0 Å². The van der Waals surface area contributed by atoms with Gasteiger partial charge in [0.2, 0.25) is 0 Å². The average molecular weight is 343 g/mol. The summed E-state index contributed by atoms with van der Waals surface area (Å²) >= 11 is 0. The lowest BCUT2D eigenvalue weighted by Crippen LogP contribution is -2.46. The monoisotopic (exact) mass is 343 g/mol. The highest BCUT2D eigenvalue weighted by molar-refractivity contribution is 5.91. The van der Waals surface area contributed by atoms with Crippen LogP contribution in [-0.2, 0) is 16.1 Å².